The van der Waals surface area contributed by atoms with Crippen LogP contribution in [0.15, 0.2) is 5.11 Å². The van der Waals surface area contributed by atoms with E-state index in [4.69, 9.17) is 15.0 Å². The summed E-state index contributed by atoms with van der Waals surface area (Å²) in [5, 5.41) is 17.5. The third-order valence-electron chi connectivity index (χ3n) is 9.19. The Morgan fingerprint density at radius 1 is 0.491 bits per heavy atom. The third kappa shape index (κ3) is 37.6. The molecule has 0 fully saturated rings. The number of hydrogen-bond donors (Lipinski definition) is 5. The molecule has 0 aromatic heterocycles. The third-order valence-corrected chi connectivity index (χ3v) is 9.19. The number of quaternary nitrogens is 1. The molecule has 0 rings (SSSR count). The van der Waals surface area contributed by atoms with E-state index in [0.717, 1.165) is 32.1 Å². The summed E-state index contributed by atoms with van der Waals surface area (Å²) in [7, 11) is 1.97. The maximum Gasteiger partial charge on any atom is 0.407 e. The smallest absolute Gasteiger partial charge is 0.407 e. The van der Waals surface area contributed by atoms with Crippen molar-refractivity contribution >= 4 is 29.9 Å². The molecular weight excluding hydrogens is 731 g/mol. The monoisotopic (exact) mass is 811 g/mol. The summed E-state index contributed by atoms with van der Waals surface area (Å²) in [5.41, 5.74) is 7.07. The van der Waals surface area contributed by atoms with E-state index in [9.17, 15) is 24.0 Å². The van der Waals surface area contributed by atoms with Crippen molar-refractivity contribution in [1.82, 2.24) is 26.6 Å². The van der Waals surface area contributed by atoms with Crippen LogP contribution in [0.1, 0.15) is 157 Å². The van der Waals surface area contributed by atoms with E-state index in [0.29, 0.717) is 43.6 Å². The lowest BCUT2D eigenvalue weighted by Crippen LogP contribution is -2.52. The lowest BCUT2D eigenvalue weighted by molar-refractivity contribution is -0.907. The van der Waals surface area contributed by atoms with Crippen LogP contribution < -0.4 is 26.6 Å². The second kappa shape index (κ2) is 32.2. The number of carbonyl (C=O) groups is 5. The number of ether oxygens (including phenoxy) is 2. The number of nitrogens with one attached hydrogen (secondary N) is 5. The zero-order chi connectivity index (χ0) is 42.8. The standard InChI is InChI=1S/C41H79N9O7/c1-40(2,3)56-38(54)46-29-27-43-36(52)24-32-50(7,33-25-37(53)44-28-30-47-39(55)57-41(4,5)6)34-31-45-35(51)23-21-19-17-15-13-11-9-8-10-12-14-16-18-20-22-26-48-49-42/h8-34H2,1-7H3,(H4-,43,44,45,46,47,51,52,53,54,55)/p+1. The number of unbranched alkanes of at least 4 members (excludes halogenated alkanes) is 14. The Morgan fingerprint density at radius 2 is 0.825 bits per heavy atom. The molecule has 0 aromatic rings. The Balaban J connectivity index is 4.46. The molecule has 0 saturated heterocycles. The van der Waals surface area contributed by atoms with Gasteiger partial charge in [0, 0.05) is 44.1 Å². The lowest BCUT2D eigenvalue weighted by atomic mass is 10.0. The fourth-order valence-electron chi connectivity index (χ4n) is 5.98. The molecule has 0 aliphatic heterocycles. The first-order chi connectivity index (χ1) is 26.9. The first-order valence-corrected chi connectivity index (χ1v) is 21.5. The topological polar surface area (TPSA) is 213 Å². The summed E-state index contributed by atoms with van der Waals surface area (Å²) in [6.07, 6.45) is 17.7. The summed E-state index contributed by atoms with van der Waals surface area (Å²) in [5.74, 6) is -0.336. The number of alkyl carbamates (subject to hydrolysis) is 2. The van der Waals surface area contributed by atoms with Crippen LogP contribution >= 0.6 is 0 Å². The SMILES string of the molecule is CC(C)(C)OC(=O)NCCNC(=O)CC[N+](C)(CCNC(=O)CCCCCCCCCCCCCCCCCN=[N+]=[N-])CCC(=O)NCCNC(=O)OC(C)(C)C. The van der Waals surface area contributed by atoms with E-state index >= 15 is 0 Å². The van der Waals surface area contributed by atoms with Crippen LogP contribution in [0.4, 0.5) is 9.59 Å². The van der Waals surface area contributed by atoms with Gasteiger partial charge in [-0.3, -0.25) is 14.4 Å². The molecule has 5 N–H and O–H groups in total. The van der Waals surface area contributed by atoms with Crippen LogP contribution in [-0.2, 0) is 23.9 Å². The number of amides is 5. The highest BCUT2D eigenvalue weighted by atomic mass is 16.6. The Kier molecular flexibility index (Phi) is 30.1. The van der Waals surface area contributed by atoms with Crippen LogP contribution in [0.5, 0.6) is 0 Å². The van der Waals surface area contributed by atoms with E-state index in [-0.39, 0.29) is 56.7 Å². The van der Waals surface area contributed by atoms with Crippen LogP contribution in [0.3, 0.4) is 0 Å². The Morgan fingerprint density at radius 3 is 1.21 bits per heavy atom. The summed E-state index contributed by atoms with van der Waals surface area (Å²) >= 11 is 0. The van der Waals surface area contributed by atoms with Gasteiger partial charge in [0.2, 0.25) is 17.7 Å². The maximum atomic E-state index is 12.7. The van der Waals surface area contributed by atoms with Crippen molar-refractivity contribution in [2.75, 3.05) is 66.0 Å². The molecule has 5 amide bonds. The molecule has 0 radical (unpaired) electrons. The summed E-state index contributed by atoms with van der Waals surface area (Å²) < 4.78 is 10.8. The van der Waals surface area contributed by atoms with E-state index < -0.39 is 23.4 Å². The average molecular weight is 811 g/mol. The number of hydrogen-bond acceptors (Lipinski definition) is 8. The number of rotatable bonds is 33. The van der Waals surface area contributed by atoms with E-state index in [1.54, 1.807) is 41.5 Å². The minimum atomic E-state index is -0.609. The molecule has 0 bridgehead atoms. The largest absolute Gasteiger partial charge is 0.444 e. The van der Waals surface area contributed by atoms with Crippen molar-refractivity contribution < 1.29 is 37.9 Å². The zero-order valence-corrected chi connectivity index (χ0v) is 36.7. The van der Waals surface area contributed by atoms with Crippen molar-refractivity contribution in [3.8, 4) is 0 Å². The molecule has 0 spiro atoms. The molecule has 0 unspecified atom stereocenters. The maximum absolute atomic E-state index is 12.7. The van der Waals surface area contributed by atoms with Crippen molar-refractivity contribution in [3.05, 3.63) is 10.4 Å². The molecule has 0 aromatic carbocycles. The first-order valence-electron chi connectivity index (χ1n) is 21.5. The molecule has 0 heterocycles. The van der Waals surface area contributed by atoms with Gasteiger partial charge in [-0.05, 0) is 59.9 Å². The molecule has 330 valence electrons. The second-order valence-electron chi connectivity index (χ2n) is 17.2. The first kappa shape index (κ1) is 53.2. The molecule has 0 saturated carbocycles. The number of likely N-dealkylation sites (N-methyl/N-ethyl adjacent to an activating group) is 1. The van der Waals surface area contributed by atoms with Crippen molar-refractivity contribution in [2.24, 2.45) is 5.11 Å². The van der Waals surface area contributed by atoms with Crippen LogP contribution in [0.2, 0.25) is 0 Å². The van der Waals surface area contributed by atoms with Gasteiger partial charge in [-0.2, -0.15) is 0 Å². The van der Waals surface area contributed by atoms with Gasteiger partial charge in [0.1, 0.15) is 11.2 Å². The lowest BCUT2D eigenvalue weighted by Gasteiger charge is -2.34. The van der Waals surface area contributed by atoms with Gasteiger partial charge in [-0.15, -0.1) is 0 Å². The predicted molar refractivity (Wildman–Crippen MR) is 225 cm³/mol. The average Bonchev–Trinajstić information content (AvgIpc) is 3.11. The van der Waals surface area contributed by atoms with Gasteiger partial charge in [0.05, 0.1) is 46.1 Å². The van der Waals surface area contributed by atoms with Crippen LogP contribution in [0.25, 0.3) is 10.4 Å². The normalized spacial score (nSPS) is 11.6. The predicted octanol–water partition coefficient (Wildman–Crippen LogP) is 7.16. The highest BCUT2D eigenvalue weighted by Crippen LogP contribution is 2.14. The van der Waals surface area contributed by atoms with Crippen molar-refractivity contribution in [3.63, 3.8) is 0 Å². The molecule has 16 heteroatoms. The summed E-state index contributed by atoms with van der Waals surface area (Å²) in [6, 6.07) is 0. The fourth-order valence-corrected chi connectivity index (χ4v) is 5.98. The molecule has 0 atom stereocenters. The van der Waals surface area contributed by atoms with Gasteiger partial charge in [-0.25, -0.2) is 9.59 Å². The van der Waals surface area contributed by atoms with E-state index in [2.05, 4.69) is 36.6 Å². The van der Waals surface area contributed by atoms with Crippen molar-refractivity contribution in [1.29, 1.82) is 0 Å². The molecule has 0 aliphatic carbocycles. The minimum Gasteiger partial charge on any atom is -0.444 e. The van der Waals surface area contributed by atoms with Gasteiger partial charge >= 0.3 is 12.2 Å². The number of nitrogens with zero attached hydrogens (tertiary/aromatic N) is 4. The number of azide groups is 1. The van der Waals surface area contributed by atoms with Gasteiger partial charge < -0.3 is 40.5 Å². The highest BCUT2D eigenvalue weighted by molar-refractivity contribution is 5.77. The van der Waals surface area contributed by atoms with Gasteiger partial charge in [0.25, 0.3) is 0 Å². The Bertz CT molecular complexity index is 1130. The molecule has 0 aliphatic rings. The fraction of sp³-hybridized carbons (Fsp3) is 0.878. The Labute approximate surface area is 343 Å². The molecule has 16 nitrogen and oxygen atoms in total. The molecular formula is C41H80N9O7+. The zero-order valence-electron chi connectivity index (χ0n) is 36.7. The van der Waals surface area contributed by atoms with E-state index in [1.807, 2.05) is 7.05 Å². The quantitative estimate of drug-likeness (QED) is 0.0152. The number of carbonyl (C=O) groups excluding carboxylic acids is 5. The molecule has 57 heavy (non-hydrogen) atoms. The van der Waals surface area contributed by atoms with Crippen LogP contribution in [-0.4, -0.2) is 112 Å². The van der Waals surface area contributed by atoms with Crippen molar-refractivity contribution in [2.45, 2.75) is 168 Å². The summed E-state index contributed by atoms with van der Waals surface area (Å²) in [4.78, 5) is 64.5. The highest BCUT2D eigenvalue weighted by Gasteiger charge is 2.24. The van der Waals surface area contributed by atoms with E-state index in [1.165, 1.54) is 64.2 Å². The summed E-state index contributed by atoms with van der Waals surface area (Å²) in [6.45, 7) is 14.1. The Hall–Kier alpha value is -3.78. The van der Waals surface area contributed by atoms with Crippen LogP contribution in [0, 0.1) is 0 Å². The minimum absolute atomic E-state index is 0.0140. The second-order valence-corrected chi connectivity index (χ2v) is 17.2. The van der Waals surface area contributed by atoms with Gasteiger partial charge in [0.15, 0.2) is 0 Å². The van der Waals surface area contributed by atoms with Gasteiger partial charge in [-0.1, -0.05) is 88.6 Å².